The zero-order valence-corrected chi connectivity index (χ0v) is 17.7. The average molecular weight is 402 g/mol. The molecule has 0 aromatic heterocycles. The van der Waals surface area contributed by atoms with E-state index in [9.17, 15) is 9.90 Å². The standard InChI is InChI=1S/C23H35N3O3/c1-16-9-7-8-12-19(16)25-23(24-18-10-5-3-4-6-11-18)26-20-15-17(22(28)29-2)13-14-21(20)27/h13-16,18-19,27H,3-12H2,1-2H3,(H2,24,25,26). The maximum absolute atomic E-state index is 11.9. The van der Waals surface area contributed by atoms with Crippen molar-refractivity contribution in [3.8, 4) is 5.75 Å². The van der Waals surface area contributed by atoms with Crippen LogP contribution in [0.15, 0.2) is 23.2 Å². The first-order valence-corrected chi connectivity index (χ1v) is 11.1. The number of nitrogens with one attached hydrogen (secondary N) is 2. The summed E-state index contributed by atoms with van der Waals surface area (Å²) >= 11 is 0. The Kier molecular flexibility index (Phi) is 7.78. The maximum atomic E-state index is 11.9. The van der Waals surface area contributed by atoms with Crippen LogP contribution in [0.1, 0.15) is 81.5 Å². The highest BCUT2D eigenvalue weighted by atomic mass is 16.5. The summed E-state index contributed by atoms with van der Waals surface area (Å²) in [7, 11) is 1.35. The molecule has 1 aromatic carbocycles. The molecule has 3 N–H and O–H groups in total. The van der Waals surface area contributed by atoms with Gasteiger partial charge in [-0.2, -0.15) is 0 Å². The van der Waals surface area contributed by atoms with E-state index in [0.29, 0.717) is 29.2 Å². The van der Waals surface area contributed by atoms with Crippen LogP contribution in [0, 0.1) is 5.92 Å². The lowest BCUT2D eigenvalue weighted by Gasteiger charge is -2.28. The van der Waals surface area contributed by atoms with Gasteiger partial charge in [0.05, 0.1) is 24.4 Å². The van der Waals surface area contributed by atoms with Gasteiger partial charge < -0.3 is 20.5 Å². The summed E-state index contributed by atoms with van der Waals surface area (Å²) in [5.41, 5.74) is 0.865. The smallest absolute Gasteiger partial charge is 0.337 e. The van der Waals surface area contributed by atoms with Crippen LogP contribution in [0.4, 0.5) is 5.69 Å². The largest absolute Gasteiger partial charge is 0.506 e. The number of anilines is 1. The number of esters is 1. The third-order valence-electron chi connectivity index (χ3n) is 6.23. The number of phenolic OH excluding ortho intramolecular Hbond substituents is 1. The molecule has 2 unspecified atom stereocenters. The van der Waals surface area contributed by atoms with Crippen LogP contribution < -0.4 is 10.6 Å². The van der Waals surface area contributed by atoms with Crippen LogP contribution in [-0.2, 0) is 4.74 Å². The van der Waals surface area contributed by atoms with Crippen molar-refractivity contribution in [3.05, 3.63) is 23.8 Å². The van der Waals surface area contributed by atoms with Gasteiger partial charge in [-0.15, -0.1) is 0 Å². The van der Waals surface area contributed by atoms with E-state index in [0.717, 1.165) is 19.3 Å². The van der Waals surface area contributed by atoms with Crippen LogP contribution in [0.2, 0.25) is 0 Å². The normalized spacial score (nSPS) is 23.9. The van der Waals surface area contributed by atoms with Gasteiger partial charge in [-0.05, 0) is 49.8 Å². The van der Waals surface area contributed by atoms with Crippen LogP contribution >= 0.6 is 0 Å². The fourth-order valence-electron chi connectivity index (χ4n) is 4.39. The highest BCUT2D eigenvalue weighted by molar-refractivity contribution is 5.97. The van der Waals surface area contributed by atoms with Crippen molar-refractivity contribution < 1.29 is 14.6 Å². The summed E-state index contributed by atoms with van der Waals surface area (Å²) in [5.74, 6) is 0.910. The first-order chi connectivity index (χ1) is 14.1. The lowest BCUT2D eigenvalue weighted by Crippen LogP contribution is -2.40. The molecular weight excluding hydrogens is 366 g/mol. The van der Waals surface area contributed by atoms with Crippen molar-refractivity contribution in [2.45, 2.75) is 83.2 Å². The number of aliphatic imine (C=N–C) groups is 1. The van der Waals surface area contributed by atoms with Crippen LogP contribution in [-0.4, -0.2) is 36.2 Å². The number of nitrogens with zero attached hydrogens (tertiary/aromatic N) is 1. The van der Waals surface area contributed by atoms with Crippen LogP contribution in [0.3, 0.4) is 0 Å². The van der Waals surface area contributed by atoms with Crippen molar-refractivity contribution in [3.63, 3.8) is 0 Å². The van der Waals surface area contributed by atoms with Crippen molar-refractivity contribution in [2.24, 2.45) is 10.9 Å². The summed E-state index contributed by atoms with van der Waals surface area (Å²) in [6.45, 7) is 2.27. The Morgan fingerprint density at radius 3 is 2.45 bits per heavy atom. The Bertz CT molecular complexity index is 711. The maximum Gasteiger partial charge on any atom is 0.337 e. The number of hydrogen-bond acceptors (Lipinski definition) is 4. The summed E-state index contributed by atoms with van der Waals surface area (Å²) < 4.78 is 4.81. The van der Waals surface area contributed by atoms with Gasteiger partial charge in [-0.3, -0.25) is 0 Å². The van der Waals surface area contributed by atoms with E-state index in [-0.39, 0.29) is 11.8 Å². The van der Waals surface area contributed by atoms with Gasteiger partial charge >= 0.3 is 5.97 Å². The third kappa shape index (κ3) is 6.12. The van der Waals surface area contributed by atoms with E-state index in [1.165, 1.54) is 58.1 Å². The number of phenols is 1. The second kappa shape index (κ2) is 10.5. The van der Waals surface area contributed by atoms with Crippen molar-refractivity contribution in [1.29, 1.82) is 0 Å². The number of benzene rings is 1. The molecule has 0 aliphatic heterocycles. The summed E-state index contributed by atoms with van der Waals surface area (Å²) in [6.07, 6.45) is 12.1. The zero-order chi connectivity index (χ0) is 20.6. The van der Waals surface area contributed by atoms with Crippen molar-refractivity contribution >= 4 is 17.6 Å². The van der Waals surface area contributed by atoms with Gasteiger partial charge in [0.25, 0.3) is 0 Å². The molecule has 0 bridgehead atoms. The van der Waals surface area contributed by atoms with E-state index < -0.39 is 5.97 Å². The highest BCUT2D eigenvalue weighted by Gasteiger charge is 2.23. The third-order valence-corrected chi connectivity index (χ3v) is 6.23. The van der Waals surface area contributed by atoms with Gasteiger partial charge in [0.1, 0.15) is 5.75 Å². The van der Waals surface area contributed by atoms with Gasteiger partial charge in [0.15, 0.2) is 5.96 Å². The number of aromatic hydroxyl groups is 1. The number of carbonyl (C=O) groups excluding carboxylic acids is 1. The fraction of sp³-hybridized carbons (Fsp3) is 0.652. The van der Waals surface area contributed by atoms with E-state index in [2.05, 4.69) is 17.6 Å². The molecule has 160 valence electrons. The minimum absolute atomic E-state index is 0.0877. The molecule has 0 spiro atoms. The topological polar surface area (TPSA) is 83.0 Å². The monoisotopic (exact) mass is 401 g/mol. The number of carbonyl (C=O) groups is 1. The first-order valence-electron chi connectivity index (χ1n) is 11.1. The predicted octanol–water partition coefficient (Wildman–Crippen LogP) is 4.84. The second-order valence-corrected chi connectivity index (χ2v) is 8.49. The molecule has 2 fully saturated rings. The summed E-state index contributed by atoms with van der Waals surface area (Å²) in [5, 5.41) is 17.2. The molecule has 29 heavy (non-hydrogen) atoms. The molecule has 0 saturated heterocycles. The molecule has 2 atom stereocenters. The molecule has 2 aliphatic carbocycles. The van der Waals surface area contributed by atoms with E-state index in [4.69, 9.17) is 9.73 Å². The Balaban J connectivity index is 1.83. The fourth-order valence-corrected chi connectivity index (χ4v) is 4.39. The Hall–Kier alpha value is -2.24. The summed E-state index contributed by atoms with van der Waals surface area (Å²) in [6, 6.07) is 5.35. The predicted molar refractivity (Wildman–Crippen MR) is 117 cm³/mol. The zero-order valence-electron chi connectivity index (χ0n) is 17.7. The van der Waals surface area contributed by atoms with Crippen molar-refractivity contribution in [2.75, 3.05) is 12.4 Å². The molecule has 2 saturated carbocycles. The second-order valence-electron chi connectivity index (χ2n) is 8.49. The quantitative estimate of drug-likeness (QED) is 0.221. The molecule has 3 rings (SSSR count). The van der Waals surface area contributed by atoms with Gasteiger partial charge in [0.2, 0.25) is 0 Å². The number of methoxy groups -OCH3 is 1. The first kappa shape index (κ1) is 21.5. The molecular formula is C23H35N3O3. The number of rotatable bonds is 4. The molecule has 0 radical (unpaired) electrons. The van der Waals surface area contributed by atoms with Gasteiger partial charge in [-0.1, -0.05) is 45.4 Å². The molecule has 6 nitrogen and oxygen atoms in total. The Morgan fingerprint density at radius 2 is 1.76 bits per heavy atom. The molecule has 0 heterocycles. The Morgan fingerprint density at radius 1 is 1.07 bits per heavy atom. The summed E-state index contributed by atoms with van der Waals surface area (Å²) in [4.78, 5) is 16.9. The van der Waals surface area contributed by atoms with E-state index in [1.807, 2.05) is 0 Å². The minimum Gasteiger partial charge on any atom is -0.506 e. The Labute approximate surface area is 174 Å². The molecule has 6 heteroatoms. The van der Waals surface area contributed by atoms with Gasteiger partial charge in [0, 0.05) is 6.04 Å². The van der Waals surface area contributed by atoms with Crippen LogP contribution in [0.25, 0.3) is 0 Å². The SMILES string of the molecule is COC(=O)c1ccc(O)c(NC(=NC2CCCCC2C)NC2CCCCCC2)c1. The number of hydrogen-bond donors (Lipinski definition) is 3. The van der Waals surface area contributed by atoms with E-state index in [1.54, 1.807) is 12.1 Å². The molecule has 2 aliphatic rings. The van der Waals surface area contributed by atoms with Crippen LogP contribution in [0.5, 0.6) is 5.75 Å². The minimum atomic E-state index is -0.427. The van der Waals surface area contributed by atoms with Crippen molar-refractivity contribution in [1.82, 2.24) is 5.32 Å². The van der Waals surface area contributed by atoms with E-state index >= 15 is 0 Å². The highest BCUT2D eigenvalue weighted by Crippen LogP contribution is 2.28. The average Bonchev–Trinajstić information content (AvgIpc) is 2.99. The lowest BCUT2D eigenvalue weighted by atomic mass is 9.86. The molecule has 1 aromatic rings. The van der Waals surface area contributed by atoms with Gasteiger partial charge in [-0.25, -0.2) is 9.79 Å². The number of guanidine groups is 1. The molecule has 0 amide bonds. The lowest BCUT2D eigenvalue weighted by molar-refractivity contribution is 0.0601. The number of ether oxygens (including phenoxy) is 1.